The van der Waals surface area contributed by atoms with Gasteiger partial charge in [-0.3, -0.25) is 4.79 Å². The molecule has 0 unspecified atom stereocenters. The van der Waals surface area contributed by atoms with Crippen molar-refractivity contribution in [2.24, 2.45) is 0 Å². The Morgan fingerprint density at radius 3 is 2.38 bits per heavy atom. The lowest BCUT2D eigenvalue weighted by Crippen LogP contribution is -2.14. The van der Waals surface area contributed by atoms with Gasteiger partial charge in [0.15, 0.2) is 5.76 Å². The Kier molecular flexibility index (Phi) is 5.94. The van der Waals surface area contributed by atoms with Crippen LogP contribution in [0.15, 0.2) is 71.3 Å². The molecular weight excluding hydrogens is 404 g/mol. The number of aryl methyl sites for hydroxylation is 2. The number of para-hydroxylation sites is 1. The molecule has 32 heavy (non-hydrogen) atoms. The predicted molar refractivity (Wildman–Crippen MR) is 124 cm³/mol. The van der Waals surface area contributed by atoms with Gasteiger partial charge in [-0.05, 0) is 49.2 Å². The summed E-state index contributed by atoms with van der Waals surface area (Å²) in [5.41, 5.74) is 4.63. The van der Waals surface area contributed by atoms with E-state index in [0.717, 1.165) is 22.4 Å². The first-order valence-electron chi connectivity index (χ1n) is 10.2. The number of carbonyl (C=O) groups is 1. The van der Waals surface area contributed by atoms with E-state index in [1.54, 1.807) is 32.5 Å². The molecule has 3 aromatic carbocycles. The zero-order valence-corrected chi connectivity index (χ0v) is 18.4. The van der Waals surface area contributed by atoms with E-state index in [1.807, 2.05) is 62.4 Å². The number of nitrogens with zero attached hydrogens (tertiary/aromatic N) is 1. The molecule has 1 heterocycles. The number of aromatic nitrogens is 1. The van der Waals surface area contributed by atoms with Crippen molar-refractivity contribution in [3.63, 3.8) is 0 Å². The molecule has 4 aromatic rings. The van der Waals surface area contributed by atoms with Crippen LogP contribution in [0.2, 0.25) is 0 Å². The monoisotopic (exact) mass is 428 g/mol. The number of methoxy groups -OCH3 is 2. The second-order valence-corrected chi connectivity index (χ2v) is 7.36. The number of benzene rings is 3. The predicted octanol–water partition coefficient (Wildman–Crippen LogP) is 5.89. The van der Waals surface area contributed by atoms with Gasteiger partial charge in [-0.25, -0.2) is 4.98 Å². The van der Waals surface area contributed by atoms with Gasteiger partial charge in [-0.2, -0.15) is 0 Å². The Morgan fingerprint density at radius 2 is 1.66 bits per heavy atom. The number of ether oxygens (including phenoxy) is 2. The van der Waals surface area contributed by atoms with Crippen molar-refractivity contribution in [3.05, 3.63) is 83.6 Å². The van der Waals surface area contributed by atoms with Gasteiger partial charge in [-0.15, -0.1) is 0 Å². The number of hydrogen-bond donors (Lipinski definition) is 1. The Hall–Kier alpha value is -4.06. The molecule has 162 valence electrons. The average molecular weight is 428 g/mol. The largest absolute Gasteiger partial charge is 0.497 e. The first kappa shape index (κ1) is 21.2. The van der Waals surface area contributed by atoms with Crippen molar-refractivity contribution in [2.75, 3.05) is 19.5 Å². The van der Waals surface area contributed by atoms with Crippen LogP contribution >= 0.6 is 0 Å². The van der Waals surface area contributed by atoms with Crippen molar-refractivity contribution in [3.8, 4) is 34.3 Å². The van der Waals surface area contributed by atoms with Crippen LogP contribution in [0.5, 0.6) is 11.5 Å². The normalized spacial score (nSPS) is 10.6. The van der Waals surface area contributed by atoms with Crippen LogP contribution in [0.25, 0.3) is 22.8 Å². The van der Waals surface area contributed by atoms with Gasteiger partial charge < -0.3 is 19.2 Å². The van der Waals surface area contributed by atoms with Gasteiger partial charge in [0, 0.05) is 17.3 Å². The third kappa shape index (κ3) is 4.07. The van der Waals surface area contributed by atoms with Gasteiger partial charge in [-0.1, -0.05) is 30.3 Å². The number of amides is 1. The van der Waals surface area contributed by atoms with Gasteiger partial charge in [0.25, 0.3) is 5.91 Å². The molecule has 0 bridgehead atoms. The fourth-order valence-electron chi connectivity index (χ4n) is 3.59. The van der Waals surface area contributed by atoms with Crippen molar-refractivity contribution in [1.82, 2.24) is 4.98 Å². The van der Waals surface area contributed by atoms with E-state index in [2.05, 4.69) is 10.3 Å². The van der Waals surface area contributed by atoms with Crippen LogP contribution in [0.1, 0.15) is 21.5 Å². The molecule has 0 aliphatic carbocycles. The van der Waals surface area contributed by atoms with Gasteiger partial charge in [0.1, 0.15) is 11.5 Å². The molecule has 0 saturated heterocycles. The van der Waals surface area contributed by atoms with Gasteiger partial charge in [0.2, 0.25) is 5.89 Å². The standard InChI is InChI=1S/C26H24N2O4/c1-16-8-7-9-17(2)24(16)28-25(29)19-10-5-6-11-20(19)26-27-15-23(32-26)21-13-12-18(30-3)14-22(21)31-4/h5-15H,1-4H3,(H,28,29). The summed E-state index contributed by atoms with van der Waals surface area (Å²) in [5, 5.41) is 3.03. The number of carbonyl (C=O) groups excluding carboxylic acids is 1. The van der Waals surface area contributed by atoms with Crippen molar-refractivity contribution < 1.29 is 18.7 Å². The molecule has 6 nitrogen and oxygen atoms in total. The zero-order chi connectivity index (χ0) is 22.7. The highest BCUT2D eigenvalue weighted by atomic mass is 16.5. The number of hydrogen-bond acceptors (Lipinski definition) is 5. The summed E-state index contributed by atoms with van der Waals surface area (Å²) in [5.74, 6) is 1.95. The minimum absolute atomic E-state index is 0.222. The Bertz CT molecular complexity index is 1260. The first-order valence-corrected chi connectivity index (χ1v) is 10.2. The molecule has 0 aliphatic rings. The summed E-state index contributed by atoms with van der Waals surface area (Å²) in [7, 11) is 3.18. The van der Waals surface area contributed by atoms with Crippen LogP contribution in [0.4, 0.5) is 5.69 Å². The summed E-state index contributed by atoms with van der Waals surface area (Å²) in [6.07, 6.45) is 1.62. The smallest absolute Gasteiger partial charge is 0.256 e. The topological polar surface area (TPSA) is 73.6 Å². The SMILES string of the molecule is COc1ccc(-c2cnc(-c3ccccc3C(=O)Nc3c(C)cccc3C)o2)c(OC)c1. The summed E-state index contributed by atoms with van der Waals surface area (Å²) in [4.78, 5) is 17.6. The van der Waals surface area contributed by atoms with Crippen LogP contribution in [0, 0.1) is 13.8 Å². The molecule has 1 amide bonds. The van der Waals surface area contributed by atoms with Crippen molar-refractivity contribution >= 4 is 11.6 Å². The Morgan fingerprint density at radius 1 is 0.906 bits per heavy atom. The highest BCUT2D eigenvalue weighted by molar-refractivity contribution is 6.08. The number of anilines is 1. The molecule has 0 radical (unpaired) electrons. The number of oxazole rings is 1. The maximum Gasteiger partial charge on any atom is 0.256 e. The van der Waals surface area contributed by atoms with E-state index in [4.69, 9.17) is 13.9 Å². The molecule has 0 atom stereocenters. The van der Waals surface area contributed by atoms with Crippen molar-refractivity contribution in [1.29, 1.82) is 0 Å². The second-order valence-electron chi connectivity index (χ2n) is 7.36. The molecule has 0 aliphatic heterocycles. The lowest BCUT2D eigenvalue weighted by Gasteiger charge is -2.13. The summed E-state index contributed by atoms with van der Waals surface area (Å²) in [6.45, 7) is 3.94. The van der Waals surface area contributed by atoms with E-state index in [0.29, 0.717) is 34.3 Å². The molecule has 0 saturated carbocycles. The maximum absolute atomic E-state index is 13.1. The second kappa shape index (κ2) is 8.98. The quantitative estimate of drug-likeness (QED) is 0.414. The van der Waals surface area contributed by atoms with E-state index < -0.39 is 0 Å². The number of rotatable bonds is 6. The third-order valence-electron chi connectivity index (χ3n) is 5.30. The first-order chi connectivity index (χ1) is 15.5. The maximum atomic E-state index is 13.1. The molecule has 4 rings (SSSR count). The zero-order valence-electron chi connectivity index (χ0n) is 18.4. The third-order valence-corrected chi connectivity index (χ3v) is 5.30. The molecule has 0 fully saturated rings. The lowest BCUT2D eigenvalue weighted by molar-refractivity contribution is 0.102. The fourth-order valence-corrected chi connectivity index (χ4v) is 3.59. The molecule has 0 spiro atoms. The summed E-state index contributed by atoms with van der Waals surface area (Å²) < 4.78 is 16.8. The van der Waals surface area contributed by atoms with Crippen LogP contribution in [0.3, 0.4) is 0 Å². The highest BCUT2D eigenvalue weighted by Crippen LogP contribution is 2.36. The fraction of sp³-hybridized carbons (Fsp3) is 0.154. The molecule has 1 N–H and O–H groups in total. The van der Waals surface area contributed by atoms with E-state index in [-0.39, 0.29) is 5.91 Å². The summed E-state index contributed by atoms with van der Waals surface area (Å²) in [6, 6.07) is 18.6. The minimum Gasteiger partial charge on any atom is -0.497 e. The molecular formula is C26H24N2O4. The minimum atomic E-state index is -0.222. The van der Waals surface area contributed by atoms with E-state index >= 15 is 0 Å². The highest BCUT2D eigenvalue weighted by Gasteiger charge is 2.19. The molecule has 6 heteroatoms. The molecule has 1 aromatic heterocycles. The Balaban J connectivity index is 1.69. The van der Waals surface area contributed by atoms with E-state index in [1.165, 1.54) is 0 Å². The summed E-state index contributed by atoms with van der Waals surface area (Å²) >= 11 is 0. The van der Waals surface area contributed by atoms with Crippen LogP contribution in [-0.4, -0.2) is 25.1 Å². The van der Waals surface area contributed by atoms with Gasteiger partial charge in [0.05, 0.1) is 31.5 Å². The average Bonchev–Trinajstić information content (AvgIpc) is 3.31. The Labute approximate surface area is 186 Å². The number of nitrogens with one attached hydrogen (secondary N) is 1. The van der Waals surface area contributed by atoms with Gasteiger partial charge >= 0.3 is 0 Å². The lowest BCUT2D eigenvalue weighted by atomic mass is 10.1. The van der Waals surface area contributed by atoms with E-state index in [9.17, 15) is 4.79 Å². The van der Waals surface area contributed by atoms with Crippen molar-refractivity contribution in [2.45, 2.75) is 13.8 Å². The van der Waals surface area contributed by atoms with Crippen LogP contribution in [-0.2, 0) is 0 Å². The van der Waals surface area contributed by atoms with Crippen LogP contribution < -0.4 is 14.8 Å².